The lowest BCUT2D eigenvalue weighted by Crippen LogP contribution is -2.25. The van der Waals surface area contributed by atoms with Gasteiger partial charge in [-0.3, -0.25) is 9.59 Å². The minimum atomic E-state index is -0.898. The number of carbonyl (C=O) groups is 1. The zero-order valence-corrected chi connectivity index (χ0v) is 11.8. The molecule has 1 aromatic heterocycles. The van der Waals surface area contributed by atoms with Crippen LogP contribution in [-0.4, -0.2) is 40.9 Å². The number of fused-ring (bicyclic) bond motifs is 1. The van der Waals surface area contributed by atoms with Gasteiger partial charge in [0.2, 0.25) is 0 Å². The predicted molar refractivity (Wildman–Crippen MR) is 80.8 cm³/mol. The molecule has 0 aliphatic carbocycles. The molecule has 21 heavy (non-hydrogen) atoms. The average Bonchev–Trinajstić information content (AvgIpc) is 2.45. The van der Waals surface area contributed by atoms with Crippen LogP contribution in [-0.2, 0) is 11.3 Å². The molecule has 6 heteroatoms. The SMILES string of the molecule is CN(CC(=O)O)c1ccc2c(ccc(=O)n2CCCO)c1. The number of nitrogens with zero attached hydrogens (tertiary/aromatic N) is 2. The standard InChI is InChI=1S/C15H18N2O4/c1-16(10-15(20)21)12-4-5-13-11(9-12)3-6-14(19)17(13)7-2-8-18/h3-6,9,18H,2,7-8,10H2,1H3,(H,20,21). The zero-order chi connectivity index (χ0) is 15.4. The van der Waals surface area contributed by atoms with Crippen LogP contribution in [0, 0.1) is 0 Å². The van der Waals surface area contributed by atoms with E-state index in [1.165, 1.54) is 6.07 Å². The van der Waals surface area contributed by atoms with E-state index in [2.05, 4.69) is 0 Å². The van der Waals surface area contributed by atoms with E-state index >= 15 is 0 Å². The van der Waals surface area contributed by atoms with Gasteiger partial charge in [-0.25, -0.2) is 0 Å². The number of carboxylic acids is 1. The first-order valence-corrected chi connectivity index (χ1v) is 6.70. The summed E-state index contributed by atoms with van der Waals surface area (Å²) >= 11 is 0. The molecule has 1 heterocycles. The van der Waals surface area contributed by atoms with Gasteiger partial charge in [-0.2, -0.15) is 0 Å². The van der Waals surface area contributed by atoms with Crippen LogP contribution in [0.5, 0.6) is 0 Å². The fourth-order valence-corrected chi connectivity index (χ4v) is 2.28. The van der Waals surface area contributed by atoms with Crippen molar-refractivity contribution in [3.05, 3.63) is 40.7 Å². The molecule has 0 saturated carbocycles. The number of rotatable bonds is 6. The molecule has 0 amide bonds. The summed E-state index contributed by atoms with van der Waals surface area (Å²) in [5.41, 5.74) is 1.45. The summed E-state index contributed by atoms with van der Waals surface area (Å²) in [5.74, 6) is -0.898. The highest BCUT2D eigenvalue weighted by molar-refractivity contribution is 5.84. The number of likely N-dealkylation sites (N-methyl/N-ethyl adjacent to an activating group) is 1. The van der Waals surface area contributed by atoms with Gasteiger partial charge in [-0.1, -0.05) is 0 Å². The molecule has 0 spiro atoms. The molecule has 2 rings (SSSR count). The summed E-state index contributed by atoms with van der Waals surface area (Å²) in [6.07, 6.45) is 0.514. The van der Waals surface area contributed by atoms with E-state index in [1.807, 2.05) is 12.1 Å². The van der Waals surface area contributed by atoms with Gasteiger partial charge in [0, 0.05) is 37.3 Å². The van der Waals surface area contributed by atoms with Crippen LogP contribution in [0.4, 0.5) is 5.69 Å². The van der Waals surface area contributed by atoms with E-state index in [1.54, 1.807) is 28.6 Å². The minimum Gasteiger partial charge on any atom is -0.480 e. The highest BCUT2D eigenvalue weighted by atomic mass is 16.4. The molecule has 6 nitrogen and oxygen atoms in total. The Morgan fingerprint density at radius 2 is 2.05 bits per heavy atom. The largest absolute Gasteiger partial charge is 0.480 e. The maximum absolute atomic E-state index is 11.9. The minimum absolute atomic E-state index is 0.0300. The van der Waals surface area contributed by atoms with Crippen LogP contribution in [0.15, 0.2) is 35.1 Å². The first kappa shape index (κ1) is 15.1. The third-order valence-corrected chi connectivity index (χ3v) is 3.33. The highest BCUT2D eigenvalue weighted by Gasteiger charge is 2.08. The number of aliphatic hydroxyl groups excluding tert-OH is 1. The summed E-state index contributed by atoms with van der Waals surface area (Å²) < 4.78 is 1.62. The van der Waals surface area contributed by atoms with Crippen molar-refractivity contribution in [3.8, 4) is 0 Å². The summed E-state index contributed by atoms with van der Waals surface area (Å²) in [6, 6.07) is 8.67. The Morgan fingerprint density at radius 1 is 1.29 bits per heavy atom. The van der Waals surface area contributed by atoms with E-state index in [4.69, 9.17) is 10.2 Å². The van der Waals surface area contributed by atoms with Crippen LogP contribution in [0.2, 0.25) is 0 Å². The number of benzene rings is 1. The Labute approximate surface area is 121 Å². The molecule has 0 bridgehead atoms. The fourth-order valence-electron chi connectivity index (χ4n) is 2.28. The van der Waals surface area contributed by atoms with Crippen LogP contribution in [0.3, 0.4) is 0 Å². The van der Waals surface area contributed by atoms with Crippen LogP contribution >= 0.6 is 0 Å². The van der Waals surface area contributed by atoms with Gasteiger partial charge in [0.05, 0.1) is 5.52 Å². The Hall–Kier alpha value is -2.34. The quantitative estimate of drug-likeness (QED) is 0.826. The number of hydrogen-bond acceptors (Lipinski definition) is 4. The topological polar surface area (TPSA) is 82.8 Å². The van der Waals surface area contributed by atoms with E-state index in [0.29, 0.717) is 13.0 Å². The van der Waals surface area contributed by atoms with Crippen molar-refractivity contribution in [2.24, 2.45) is 0 Å². The molecule has 0 aliphatic heterocycles. The second kappa shape index (κ2) is 6.41. The number of hydrogen-bond donors (Lipinski definition) is 2. The summed E-state index contributed by atoms with van der Waals surface area (Å²) in [4.78, 5) is 24.3. The van der Waals surface area contributed by atoms with E-state index in [0.717, 1.165) is 16.6 Å². The molecule has 0 aliphatic rings. The second-order valence-corrected chi connectivity index (χ2v) is 4.89. The molecular weight excluding hydrogens is 272 g/mol. The zero-order valence-electron chi connectivity index (χ0n) is 11.8. The van der Waals surface area contributed by atoms with Gasteiger partial charge >= 0.3 is 5.97 Å². The van der Waals surface area contributed by atoms with Gasteiger partial charge < -0.3 is 19.7 Å². The molecule has 2 aromatic rings. The van der Waals surface area contributed by atoms with Crippen molar-refractivity contribution in [2.45, 2.75) is 13.0 Å². The Morgan fingerprint density at radius 3 is 2.71 bits per heavy atom. The van der Waals surface area contributed by atoms with Crippen molar-refractivity contribution in [3.63, 3.8) is 0 Å². The fraction of sp³-hybridized carbons (Fsp3) is 0.333. The molecule has 0 saturated heterocycles. The summed E-state index contributed by atoms with van der Waals surface area (Å²) in [5, 5.41) is 18.6. The van der Waals surface area contributed by atoms with Gasteiger partial charge in [-0.05, 0) is 30.7 Å². The van der Waals surface area contributed by atoms with Crippen molar-refractivity contribution >= 4 is 22.6 Å². The van der Waals surface area contributed by atoms with E-state index in [9.17, 15) is 9.59 Å². The number of aromatic nitrogens is 1. The monoisotopic (exact) mass is 290 g/mol. The van der Waals surface area contributed by atoms with Gasteiger partial charge in [0.15, 0.2) is 0 Å². The van der Waals surface area contributed by atoms with Crippen LogP contribution in [0.25, 0.3) is 10.9 Å². The van der Waals surface area contributed by atoms with Crippen molar-refractivity contribution in [2.75, 3.05) is 25.1 Å². The highest BCUT2D eigenvalue weighted by Crippen LogP contribution is 2.20. The molecule has 112 valence electrons. The third kappa shape index (κ3) is 3.41. The first-order chi connectivity index (χ1) is 10.0. The average molecular weight is 290 g/mol. The Kier molecular flexibility index (Phi) is 4.59. The molecule has 0 radical (unpaired) electrons. The number of carboxylic acid groups (broad SMARTS) is 1. The number of pyridine rings is 1. The third-order valence-electron chi connectivity index (χ3n) is 3.33. The van der Waals surface area contributed by atoms with Crippen molar-refractivity contribution < 1.29 is 15.0 Å². The first-order valence-electron chi connectivity index (χ1n) is 6.70. The van der Waals surface area contributed by atoms with E-state index < -0.39 is 5.97 Å². The molecule has 0 fully saturated rings. The predicted octanol–water partition coefficient (Wildman–Crippen LogP) is 0.905. The number of aliphatic carboxylic acids is 1. The van der Waals surface area contributed by atoms with Crippen LogP contribution in [0.1, 0.15) is 6.42 Å². The molecule has 0 atom stereocenters. The Balaban J connectivity index is 2.43. The Bertz CT molecular complexity index is 708. The summed E-state index contributed by atoms with van der Waals surface area (Å²) in [7, 11) is 1.71. The molecular formula is C15H18N2O4. The van der Waals surface area contributed by atoms with Crippen molar-refractivity contribution in [1.29, 1.82) is 0 Å². The molecule has 2 N–H and O–H groups in total. The molecule has 0 unspecified atom stereocenters. The maximum atomic E-state index is 11.9. The lowest BCUT2D eigenvalue weighted by molar-refractivity contribution is -0.135. The molecule has 1 aromatic carbocycles. The smallest absolute Gasteiger partial charge is 0.323 e. The number of aryl methyl sites for hydroxylation is 1. The maximum Gasteiger partial charge on any atom is 0.323 e. The van der Waals surface area contributed by atoms with Gasteiger partial charge in [-0.15, -0.1) is 0 Å². The number of anilines is 1. The van der Waals surface area contributed by atoms with Crippen LogP contribution < -0.4 is 10.5 Å². The summed E-state index contributed by atoms with van der Waals surface area (Å²) in [6.45, 7) is 0.398. The van der Waals surface area contributed by atoms with Gasteiger partial charge in [0.25, 0.3) is 5.56 Å². The van der Waals surface area contributed by atoms with Gasteiger partial charge in [0.1, 0.15) is 6.54 Å². The second-order valence-electron chi connectivity index (χ2n) is 4.89. The lowest BCUT2D eigenvalue weighted by atomic mass is 10.1. The van der Waals surface area contributed by atoms with E-state index in [-0.39, 0.29) is 18.7 Å². The van der Waals surface area contributed by atoms with Crippen molar-refractivity contribution in [1.82, 2.24) is 4.57 Å². The number of aliphatic hydroxyl groups is 1. The lowest BCUT2D eigenvalue weighted by Gasteiger charge is -2.18. The normalized spacial score (nSPS) is 10.8.